The summed E-state index contributed by atoms with van der Waals surface area (Å²) in [4.78, 5) is 11.8. The van der Waals surface area contributed by atoms with E-state index in [1.807, 2.05) is 18.2 Å². The summed E-state index contributed by atoms with van der Waals surface area (Å²) in [6, 6.07) is 11.8. The summed E-state index contributed by atoms with van der Waals surface area (Å²) < 4.78 is 20.2. The lowest BCUT2D eigenvalue weighted by atomic mass is 9.84. The van der Waals surface area contributed by atoms with E-state index in [1.54, 1.807) is 12.1 Å². The smallest absolute Gasteiger partial charge is 0.132 e. The van der Waals surface area contributed by atoms with Crippen molar-refractivity contribution in [3.05, 3.63) is 69.6 Å². The number of benzene rings is 2. The average molecular weight is 440 g/mol. The number of halogens is 3. The lowest BCUT2D eigenvalue weighted by Crippen LogP contribution is -2.16. The van der Waals surface area contributed by atoms with Gasteiger partial charge in [0.25, 0.3) is 0 Å². The quantitative estimate of drug-likeness (QED) is 0.467. The van der Waals surface area contributed by atoms with Crippen molar-refractivity contribution in [2.75, 3.05) is 5.33 Å². The summed E-state index contributed by atoms with van der Waals surface area (Å²) in [5.74, 6) is 0.683. The van der Waals surface area contributed by atoms with E-state index in [2.05, 4.69) is 31.9 Å². The van der Waals surface area contributed by atoms with E-state index in [9.17, 15) is 9.18 Å². The fourth-order valence-electron chi connectivity index (χ4n) is 2.75. The third kappa shape index (κ3) is 3.26. The molecule has 0 spiro atoms. The van der Waals surface area contributed by atoms with Crippen molar-refractivity contribution >= 4 is 43.7 Å². The summed E-state index contributed by atoms with van der Waals surface area (Å²) in [7, 11) is 0. The van der Waals surface area contributed by atoms with Crippen LogP contribution in [0.1, 0.15) is 23.5 Å². The van der Waals surface area contributed by atoms with E-state index in [0.717, 1.165) is 33.2 Å². The van der Waals surface area contributed by atoms with Crippen LogP contribution in [0.25, 0.3) is 5.57 Å². The molecule has 2 nitrogen and oxygen atoms in total. The minimum absolute atomic E-state index is 0.307. The highest BCUT2D eigenvalue weighted by molar-refractivity contribution is 9.10. The van der Waals surface area contributed by atoms with Crippen LogP contribution in [0.2, 0.25) is 0 Å². The normalized spacial score (nSPS) is 16.7. The number of allylic oxidation sites excluding steroid dienone is 2. The second kappa shape index (κ2) is 6.97. The van der Waals surface area contributed by atoms with Gasteiger partial charge in [0.05, 0.1) is 5.92 Å². The molecule has 3 rings (SSSR count). The van der Waals surface area contributed by atoms with Gasteiger partial charge in [-0.3, -0.25) is 0 Å². The van der Waals surface area contributed by atoms with Crippen molar-refractivity contribution in [2.45, 2.75) is 12.3 Å². The monoisotopic (exact) mass is 438 g/mol. The molecule has 0 amide bonds. The van der Waals surface area contributed by atoms with Gasteiger partial charge in [0.1, 0.15) is 23.6 Å². The molecular weight excluding hydrogens is 427 g/mol. The maximum absolute atomic E-state index is 13.2. The Balaban J connectivity index is 2.18. The van der Waals surface area contributed by atoms with Crippen LogP contribution in [0.15, 0.2) is 52.7 Å². The molecule has 1 atom stereocenters. The molecule has 0 saturated heterocycles. The summed E-state index contributed by atoms with van der Waals surface area (Å²) in [6.07, 6.45) is 1.56. The van der Waals surface area contributed by atoms with E-state index in [-0.39, 0.29) is 5.82 Å². The molecule has 1 aliphatic rings. The topological polar surface area (TPSA) is 26.3 Å². The Morgan fingerprint density at radius 1 is 1.17 bits per heavy atom. The molecule has 0 aliphatic carbocycles. The van der Waals surface area contributed by atoms with Gasteiger partial charge in [-0.15, -0.1) is 0 Å². The van der Waals surface area contributed by atoms with E-state index < -0.39 is 5.92 Å². The van der Waals surface area contributed by atoms with Crippen LogP contribution in [-0.4, -0.2) is 11.6 Å². The fourth-order valence-corrected chi connectivity index (χ4v) is 3.49. The highest BCUT2D eigenvalue weighted by atomic mass is 79.9. The first-order valence-corrected chi connectivity index (χ1v) is 9.03. The molecule has 0 bridgehead atoms. The molecule has 1 unspecified atom stereocenters. The van der Waals surface area contributed by atoms with Gasteiger partial charge in [-0.2, -0.15) is 0 Å². The van der Waals surface area contributed by atoms with Gasteiger partial charge in [0.2, 0.25) is 0 Å². The molecule has 1 heterocycles. The molecule has 0 aromatic heterocycles. The van der Waals surface area contributed by atoms with Crippen LogP contribution < -0.4 is 4.74 Å². The van der Waals surface area contributed by atoms with Gasteiger partial charge < -0.3 is 9.53 Å². The predicted octanol–water partition coefficient (Wildman–Crippen LogP) is 5.46. The predicted molar refractivity (Wildman–Crippen MR) is 95.3 cm³/mol. The zero-order chi connectivity index (χ0) is 16.4. The largest absolute Gasteiger partial charge is 0.461 e. The number of aldehydes is 1. The number of hydrogen-bond donors (Lipinski definition) is 0. The second-order valence-electron chi connectivity index (χ2n) is 5.18. The molecule has 23 heavy (non-hydrogen) atoms. The third-order valence-electron chi connectivity index (χ3n) is 3.76. The summed E-state index contributed by atoms with van der Waals surface area (Å²) in [6.45, 7) is 0. The molecule has 0 radical (unpaired) electrons. The molecule has 2 aromatic rings. The maximum atomic E-state index is 13.2. The number of fused-ring (bicyclic) bond motifs is 1. The Morgan fingerprint density at radius 3 is 2.57 bits per heavy atom. The van der Waals surface area contributed by atoms with E-state index in [1.165, 1.54) is 12.1 Å². The zero-order valence-corrected chi connectivity index (χ0v) is 15.2. The SMILES string of the molecule is O=CC1C(c2ccc(F)cc2)=C(CCBr)Oc2ccc(Br)cc21. The minimum Gasteiger partial charge on any atom is -0.461 e. The molecule has 0 fully saturated rings. The van der Waals surface area contributed by atoms with Gasteiger partial charge in [0, 0.05) is 27.4 Å². The van der Waals surface area contributed by atoms with Gasteiger partial charge in [-0.25, -0.2) is 4.39 Å². The number of carbonyl (C=O) groups is 1. The van der Waals surface area contributed by atoms with Crippen LogP contribution in [0, 0.1) is 5.82 Å². The Kier molecular flexibility index (Phi) is 4.97. The van der Waals surface area contributed by atoms with Crippen molar-refractivity contribution in [3.8, 4) is 5.75 Å². The molecule has 2 aromatic carbocycles. The standard InChI is InChI=1S/C18H13Br2FO2/c19-8-7-17-18(11-1-4-13(21)5-2-11)15(10-22)14-9-12(20)3-6-16(14)23-17/h1-6,9-10,15H,7-8H2. The number of alkyl halides is 1. The Labute approximate surface area is 150 Å². The van der Waals surface area contributed by atoms with Crippen LogP contribution in [0.3, 0.4) is 0 Å². The first-order chi connectivity index (χ1) is 11.1. The zero-order valence-electron chi connectivity index (χ0n) is 12.1. The van der Waals surface area contributed by atoms with E-state index >= 15 is 0 Å². The minimum atomic E-state index is -0.434. The van der Waals surface area contributed by atoms with Crippen molar-refractivity contribution in [1.29, 1.82) is 0 Å². The highest BCUT2D eigenvalue weighted by Crippen LogP contribution is 2.44. The lowest BCUT2D eigenvalue weighted by molar-refractivity contribution is -0.108. The Morgan fingerprint density at radius 2 is 1.91 bits per heavy atom. The average Bonchev–Trinajstić information content (AvgIpc) is 2.55. The van der Waals surface area contributed by atoms with Crippen LogP contribution in [0.4, 0.5) is 4.39 Å². The summed E-state index contributed by atoms with van der Waals surface area (Å²) in [5.41, 5.74) is 2.40. The summed E-state index contributed by atoms with van der Waals surface area (Å²) in [5, 5.41) is 0.713. The summed E-state index contributed by atoms with van der Waals surface area (Å²) >= 11 is 6.85. The first-order valence-electron chi connectivity index (χ1n) is 7.11. The Bertz CT molecular complexity index is 769. The van der Waals surface area contributed by atoms with Gasteiger partial charge in [-0.1, -0.05) is 44.0 Å². The fraction of sp³-hybridized carbons (Fsp3) is 0.167. The number of carbonyl (C=O) groups excluding carboxylic acids is 1. The van der Waals surface area contributed by atoms with Gasteiger partial charge in [-0.05, 0) is 35.9 Å². The first kappa shape index (κ1) is 16.4. The van der Waals surface area contributed by atoms with Crippen molar-refractivity contribution in [1.82, 2.24) is 0 Å². The number of hydrogen-bond acceptors (Lipinski definition) is 2. The Hall–Kier alpha value is -1.46. The van der Waals surface area contributed by atoms with Crippen molar-refractivity contribution in [3.63, 3.8) is 0 Å². The number of rotatable bonds is 4. The van der Waals surface area contributed by atoms with E-state index in [4.69, 9.17) is 4.74 Å². The molecule has 118 valence electrons. The van der Waals surface area contributed by atoms with Crippen molar-refractivity contribution in [2.24, 2.45) is 0 Å². The lowest BCUT2D eigenvalue weighted by Gasteiger charge is -2.28. The molecule has 0 N–H and O–H groups in total. The molecule has 1 aliphatic heterocycles. The highest BCUT2D eigenvalue weighted by Gasteiger charge is 2.30. The molecule has 5 heteroatoms. The maximum Gasteiger partial charge on any atom is 0.132 e. The van der Waals surface area contributed by atoms with Gasteiger partial charge in [0.15, 0.2) is 0 Å². The van der Waals surface area contributed by atoms with Crippen LogP contribution >= 0.6 is 31.9 Å². The van der Waals surface area contributed by atoms with Crippen molar-refractivity contribution < 1.29 is 13.9 Å². The second-order valence-corrected chi connectivity index (χ2v) is 6.89. The third-order valence-corrected chi connectivity index (χ3v) is 4.65. The molecule has 0 saturated carbocycles. The van der Waals surface area contributed by atoms with E-state index in [0.29, 0.717) is 17.5 Å². The number of ether oxygens (including phenoxy) is 1. The van der Waals surface area contributed by atoms with Crippen LogP contribution in [-0.2, 0) is 4.79 Å². The van der Waals surface area contributed by atoms with Crippen LogP contribution in [0.5, 0.6) is 5.75 Å². The molecular formula is C18H13Br2FO2. The van der Waals surface area contributed by atoms with Gasteiger partial charge >= 0.3 is 0 Å².